The lowest BCUT2D eigenvalue weighted by Gasteiger charge is -2.07. The molecule has 2 heterocycles. The molecule has 0 saturated carbocycles. The Morgan fingerprint density at radius 2 is 2.18 bits per heavy atom. The van der Waals surface area contributed by atoms with Crippen LogP contribution in [-0.2, 0) is 0 Å². The highest BCUT2D eigenvalue weighted by Crippen LogP contribution is 2.23. The first-order valence-corrected chi connectivity index (χ1v) is 6.53. The van der Waals surface area contributed by atoms with E-state index in [1.54, 1.807) is 12.3 Å². The quantitative estimate of drug-likeness (QED) is 0.691. The van der Waals surface area contributed by atoms with Crippen LogP contribution in [0, 0.1) is 5.82 Å². The molecule has 4 N–H and O–H groups in total. The van der Waals surface area contributed by atoms with Gasteiger partial charge in [0.25, 0.3) is 0 Å². The molecule has 0 unspecified atom stereocenters. The van der Waals surface area contributed by atoms with Gasteiger partial charge in [-0.2, -0.15) is 5.10 Å². The minimum Gasteiger partial charge on any atom is -0.351 e. The van der Waals surface area contributed by atoms with Gasteiger partial charge in [0.05, 0.1) is 11.2 Å². The van der Waals surface area contributed by atoms with E-state index in [2.05, 4.69) is 20.7 Å². The molecule has 0 aliphatic heterocycles. The molecule has 0 spiro atoms. The van der Waals surface area contributed by atoms with Crippen LogP contribution in [0.1, 0.15) is 0 Å². The Morgan fingerprint density at radius 3 is 2.91 bits per heavy atom. The molecular weight excluding hydrogens is 311 g/mol. The average molecular weight is 321 g/mol. The van der Waals surface area contributed by atoms with E-state index in [4.69, 9.17) is 17.3 Å². The standard InChI is InChI=1S/C13H10ClFN6O/c14-8-5-7(1-2-9(8)15)18-11-3-4-21-12(20-11)10(6-17-21)19-13(16)22/h1-6H,(H,18,20)(H3,16,19,22). The zero-order valence-corrected chi connectivity index (χ0v) is 11.8. The lowest BCUT2D eigenvalue weighted by molar-refractivity contribution is 0.259. The van der Waals surface area contributed by atoms with Crippen molar-refractivity contribution in [3.63, 3.8) is 0 Å². The topological polar surface area (TPSA) is 97.3 Å². The number of hydrogen-bond donors (Lipinski definition) is 3. The van der Waals surface area contributed by atoms with Crippen molar-refractivity contribution in [2.24, 2.45) is 5.73 Å². The van der Waals surface area contributed by atoms with Crippen molar-refractivity contribution in [1.82, 2.24) is 14.6 Å². The number of aromatic nitrogens is 3. The maximum absolute atomic E-state index is 13.1. The van der Waals surface area contributed by atoms with Gasteiger partial charge >= 0.3 is 6.03 Å². The Morgan fingerprint density at radius 1 is 1.36 bits per heavy atom. The highest BCUT2D eigenvalue weighted by molar-refractivity contribution is 6.31. The summed E-state index contributed by atoms with van der Waals surface area (Å²) in [7, 11) is 0. The number of primary amides is 1. The first-order valence-electron chi connectivity index (χ1n) is 6.16. The number of nitrogens with one attached hydrogen (secondary N) is 2. The van der Waals surface area contributed by atoms with Crippen molar-refractivity contribution in [3.05, 3.63) is 47.5 Å². The number of halogens is 2. The number of urea groups is 1. The summed E-state index contributed by atoms with van der Waals surface area (Å²) < 4.78 is 14.6. The van der Waals surface area contributed by atoms with Crippen LogP contribution in [0.3, 0.4) is 0 Å². The average Bonchev–Trinajstić information content (AvgIpc) is 2.85. The monoisotopic (exact) mass is 320 g/mol. The summed E-state index contributed by atoms with van der Waals surface area (Å²) in [5.41, 5.74) is 6.46. The number of amides is 2. The number of fused-ring (bicyclic) bond motifs is 1. The Labute approximate surface area is 128 Å². The smallest absolute Gasteiger partial charge is 0.316 e. The Hall–Kier alpha value is -2.87. The van der Waals surface area contributed by atoms with E-state index in [0.717, 1.165) is 0 Å². The summed E-state index contributed by atoms with van der Waals surface area (Å²) in [5.74, 6) is -0.0254. The second-order valence-corrected chi connectivity index (χ2v) is 4.79. The van der Waals surface area contributed by atoms with Crippen molar-refractivity contribution in [2.75, 3.05) is 10.6 Å². The van der Waals surface area contributed by atoms with Gasteiger partial charge < -0.3 is 16.4 Å². The van der Waals surface area contributed by atoms with Gasteiger partial charge in [-0.1, -0.05) is 11.6 Å². The molecule has 0 aliphatic carbocycles. The van der Waals surface area contributed by atoms with Gasteiger partial charge in [0, 0.05) is 11.9 Å². The summed E-state index contributed by atoms with van der Waals surface area (Å²) in [4.78, 5) is 15.3. The molecule has 2 aromatic heterocycles. The lowest BCUT2D eigenvalue weighted by Crippen LogP contribution is -2.19. The first kappa shape index (κ1) is 14.1. The van der Waals surface area contributed by atoms with Crippen LogP contribution in [0.25, 0.3) is 5.65 Å². The second-order valence-electron chi connectivity index (χ2n) is 4.38. The molecule has 0 fully saturated rings. The molecule has 0 saturated heterocycles. The fraction of sp³-hybridized carbons (Fsp3) is 0. The number of rotatable bonds is 3. The SMILES string of the molecule is NC(=O)Nc1cnn2ccc(Nc3ccc(F)c(Cl)c3)nc12. The Kier molecular flexibility index (Phi) is 3.51. The van der Waals surface area contributed by atoms with Gasteiger partial charge in [0.2, 0.25) is 0 Å². The van der Waals surface area contributed by atoms with Crippen LogP contribution in [-0.4, -0.2) is 20.6 Å². The zero-order valence-electron chi connectivity index (χ0n) is 11.0. The summed E-state index contributed by atoms with van der Waals surface area (Å²) in [6.45, 7) is 0. The summed E-state index contributed by atoms with van der Waals surface area (Å²) >= 11 is 5.73. The molecule has 0 bridgehead atoms. The Balaban J connectivity index is 1.93. The fourth-order valence-electron chi connectivity index (χ4n) is 1.88. The van der Waals surface area contributed by atoms with Crippen LogP contribution in [0.4, 0.5) is 26.4 Å². The highest BCUT2D eigenvalue weighted by atomic mass is 35.5. The van der Waals surface area contributed by atoms with Crippen molar-refractivity contribution >= 4 is 40.5 Å². The van der Waals surface area contributed by atoms with Crippen LogP contribution >= 0.6 is 11.6 Å². The number of anilines is 3. The van der Waals surface area contributed by atoms with E-state index >= 15 is 0 Å². The van der Waals surface area contributed by atoms with Gasteiger partial charge in [-0.3, -0.25) is 0 Å². The summed E-state index contributed by atoms with van der Waals surface area (Å²) in [6, 6.07) is 5.20. The molecule has 22 heavy (non-hydrogen) atoms. The summed E-state index contributed by atoms with van der Waals surface area (Å²) in [5, 5.41) is 9.45. The zero-order chi connectivity index (χ0) is 15.7. The van der Waals surface area contributed by atoms with Crippen molar-refractivity contribution in [2.45, 2.75) is 0 Å². The molecule has 9 heteroatoms. The predicted molar refractivity (Wildman–Crippen MR) is 80.9 cm³/mol. The van der Waals surface area contributed by atoms with E-state index in [9.17, 15) is 9.18 Å². The first-order chi connectivity index (χ1) is 10.5. The molecule has 0 radical (unpaired) electrons. The van der Waals surface area contributed by atoms with Crippen LogP contribution in [0.2, 0.25) is 5.02 Å². The minimum absolute atomic E-state index is 0.00603. The number of nitrogens with two attached hydrogens (primary N) is 1. The van der Waals surface area contributed by atoms with Crippen molar-refractivity contribution in [1.29, 1.82) is 0 Å². The number of hydrogen-bond acceptors (Lipinski definition) is 4. The van der Waals surface area contributed by atoms with E-state index in [1.807, 2.05) is 0 Å². The maximum atomic E-state index is 13.1. The van der Waals surface area contributed by atoms with Gasteiger partial charge in [0.15, 0.2) is 5.65 Å². The van der Waals surface area contributed by atoms with Crippen LogP contribution in [0.5, 0.6) is 0 Å². The van der Waals surface area contributed by atoms with Gasteiger partial charge in [-0.15, -0.1) is 0 Å². The lowest BCUT2D eigenvalue weighted by atomic mass is 10.3. The van der Waals surface area contributed by atoms with E-state index in [1.165, 1.54) is 28.9 Å². The largest absolute Gasteiger partial charge is 0.351 e. The number of carbonyl (C=O) groups is 1. The van der Waals surface area contributed by atoms with E-state index < -0.39 is 11.8 Å². The second kappa shape index (κ2) is 5.49. The van der Waals surface area contributed by atoms with Gasteiger partial charge in [0.1, 0.15) is 17.3 Å². The molecule has 0 atom stereocenters. The number of carbonyl (C=O) groups excluding carboxylic acids is 1. The maximum Gasteiger partial charge on any atom is 0.316 e. The molecule has 7 nitrogen and oxygen atoms in total. The Bertz CT molecular complexity index is 865. The third-order valence-corrected chi connectivity index (χ3v) is 3.11. The fourth-order valence-corrected chi connectivity index (χ4v) is 2.06. The van der Waals surface area contributed by atoms with E-state index in [-0.39, 0.29) is 5.02 Å². The van der Waals surface area contributed by atoms with E-state index in [0.29, 0.717) is 22.8 Å². The highest BCUT2D eigenvalue weighted by Gasteiger charge is 2.09. The summed E-state index contributed by atoms with van der Waals surface area (Å²) in [6.07, 6.45) is 3.09. The van der Waals surface area contributed by atoms with Crippen LogP contribution < -0.4 is 16.4 Å². The third kappa shape index (κ3) is 2.77. The normalized spacial score (nSPS) is 10.6. The van der Waals surface area contributed by atoms with Crippen LogP contribution in [0.15, 0.2) is 36.7 Å². The molecule has 112 valence electrons. The predicted octanol–water partition coefficient (Wildman–Crippen LogP) is 2.76. The number of nitrogens with zero attached hydrogens (tertiary/aromatic N) is 3. The van der Waals surface area contributed by atoms with Crippen molar-refractivity contribution in [3.8, 4) is 0 Å². The molecular formula is C13H10ClFN6O. The van der Waals surface area contributed by atoms with Gasteiger partial charge in [-0.25, -0.2) is 18.7 Å². The molecule has 3 aromatic rings. The molecule has 1 aromatic carbocycles. The molecule has 3 rings (SSSR count). The minimum atomic E-state index is -0.708. The number of benzene rings is 1. The molecule has 0 aliphatic rings. The molecule has 2 amide bonds. The third-order valence-electron chi connectivity index (χ3n) is 2.82. The van der Waals surface area contributed by atoms with Crippen molar-refractivity contribution < 1.29 is 9.18 Å². The van der Waals surface area contributed by atoms with Gasteiger partial charge in [-0.05, 0) is 24.3 Å².